The van der Waals surface area contributed by atoms with Crippen molar-refractivity contribution in [1.82, 2.24) is 4.90 Å². The first-order valence-corrected chi connectivity index (χ1v) is 10.9. The van der Waals surface area contributed by atoms with Gasteiger partial charge >= 0.3 is 0 Å². The number of sulfonamides is 1. The number of benzene rings is 3. The summed E-state index contributed by atoms with van der Waals surface area (Å²) in [5.74, 6) is -0.992. The maximum atomic E-state index is 14.1. The van der Waals surface area contributed by atoms with Gasteiger partial charge in [0.1, 0.15) is 5.82 Å². The Morgan fingerprint density at radius 1 is 0.967 bits per heavy atom. The smallest absolute Gasteiger partial charge is 0.264 e. The second-order valence-electron chi connectivity index (χ2n) is 6.74. The van der Waals surface area contributed by atoms with Crippen LogP contribution in [0.4, 0.5) is 10.1 Å². The summed E-state index contributed by atoms with van der Waals surface area (Å²) in [6.45, 7) is 0.335. The Morgan fingerprint density at radius 3 is 2.30 bits per heavy atom. The topological polar surface area (TPSA) is 57.7 Å². The minimum absolute atomic E-state index is 0.0749. The van der Waals surface area contributed by atoms with Gasteiger partial charge in [0, 0.05) is 31.2 Å². The maximum Gasteiger partial charge on any atom is 0.264 e. The zero-order valence-electron chi connectivity index (χ0n) is 16.4. The lowest BCUT2D eigenvalue weighted by Gasteiger charge is -2.21. The maximum absolute atomic E-state index is 14.1. The van der Waals surface area contributed by atoms with Crippen molar-refractivity contribution in [2.75, 3.05) is 18.4 Å². The first-order chi connectivity index (χ1) is 14.2. The van der Waals surface area contributed by atoms with Gasteiger partial charge in [0.2, 0.25) is 0 Å². The third kappa shape index (κ3) is 4.63. The summed E-state index contributed by atoms with van der Waals surface area (Å²) in [7, 11) is -1.15. The van der Waals surface area contributed by atoms with Crippen LogP contribution >= 0.6 is 11.6 Å². The molecule has 0 unspecified atom stereocenters. The molecule has 0 heterocycles. The van der Waals surface area contributed by atoms with Gasteiger partial charge in [0.25, 0.3) is 15.9 Å². The number of halogens is 2. The Bertz CT molecular complexity index is 1170. The zero-order chi connectivity index (χ0) is 21.9. The molecule has 0 N–H and O–H groups in total. The predicted molar refractivity (Wildman–Crippen MR) is 116 cm³/mol. The molecule has 0 atom stereocenters. The van der Waals surface area contributed by atoms with Gasteiger partial charge in [0.15, 0.2) is 0 Å². The zero-order valence-corrected chi connectivity index (χ0v) is 18.0. The lowest BCUT2D eigenvalue weighted by molar-refractivity contribution is 0.0785. The molecule has 0 bridgehead atoms. The van der Waals surface area contributed by atoms with Crippen molar-refractivity contribution in [2.45, 2.75) is 11.4 Å². The van der Waals surface area contributed by atoms with Gasteiger partial charge in [-0.25, -0.2) is 12.8 Å². The fourth-order valence-corrected chi connectivity index (χ4v) is 4.32. The van der Waals surface area contributed by atoms with Crippen molar-refractivity contribution in [1.29, 1.82) is 0 Å². The number of carbonyl (C=O) groups is 1. The first kappa shape index (κ1) is 21.8. The number of carbonyl (C=O) groups excluding carboxylic acids is 1. The summed E-state index contributed by atoms with van der Waals surface area (Å²) in [6.07, 6.45) is 0. The molecule has 3 rings (SSSR count). The molecule has 5 nitrogen and oxygen atoms in total. The van der Waals surface area contributed by atoms with Gasteiger partial charge in [-0.05, 0) is 48.0 Å². The highest BCUT2D eigenvalue weighted by atomic mass is 35.5. The van der Waals surface area contributed by atoms with E-state index < -0.39 is 15.8 Å². The fraction of sp³-hybridized carbons (Fsp3) is 0.136. The Kier molecular flexibility index (Phi) is 6.43. The van der Waals surface area contributed by atoms with Gasteiger partial charge < -0.3 is 4.90 Å². The average Bonchev–Trinajstić information content (AvgIpc) is 2.74. The summed E-state index contributed by atoms with van der Waals surface area (Å²) in [4.78, 5) is 14.2. The van der Waals surface area contributed by atoms with Crippen molar-refractivity contribution >= 4 is 33.2 Å². The molecule has 0 radical (unpaired) electrons. The molecule has 1 amide bonds. The van der Waals surface area contributed by atoms with Gasteiger partial charge in [0.05, 0.1) is 10.6 Å². The molecule has 3 aromatic rings. The third-order valence-electron chi connectivity index (χ3n) is 4.61. The van der Waals surface area contributed by atoms with Crippen LogP contribution in [0.1, 0.15) is 15.9 Å². The van der Waals surface area contributed by atoms with E-state index >= 15 is 0 Å². The van der Waals surface area contributed by atoms with Crippen LogP contribution in [-0.4, -0.2) is 33.3 Å². The molecular weight excluding hydrogens is 427 g/mol. The van der Waals surface area contributed by atoms with Crippen LogP contribution < -0.4 is 4.31 Å². The van der Waals surface area contributed by atoms with E-state index in [1.54, 1.807) is 31.3 Å². The van der Waals surface area contributed by atoms with E-state index in [1.165, 1.54) is 48.3 Å². The van der Waals surface area contributed by atoms with Crippen LogP contribution in [0.15, 0.2) is 77.7 Å². The number of anilines is 1. The molecule has 0 aromatic heterocycles. The van der Waals surface area contributed by atoms with Gasteiger partial charge in [-0.2, -0.15) is 0 Å². The quantitative estimate of drug-likeness (QED) is 0.557. The number of rotatable bonds is 6. The van der Waals surface area contributed by atoms with E-state index in [4.69, 9.17) is 11.6 Å². The Balaban J connectivity index is 1.85. The molecule has 0 fully saturated rings. The van der Waals surface area contributed by atoms with Crippen LogP contribution in [0.2, 0.25) is 5.02 Å². The predicted octanol–water partition coefficient (Wildman–Crippen LogP) is 4.58. The third-order valence-corrected chi connectivity index (χ3v) is 6.63. The standard InChI is InChI=1S/C22H20ClFN2O3S/c1-25(15-16-10-12-18(23)13-11-16)22(27)17-6-5-7-19(14-17)30(28,29)26(2)21-9-4-3-8-20(21)24/h3-14H,15H2,1-2H3. The van der Waals surface area contributed by atoms with E-state index in [2.05, 4.69) is 0 Å². The van der Waals surface area contributed by atoms with Crippen molar-refractivity contribution in [2.24, 2.45) is 0 Å². The van der Waals surface area contributed by atoms with Gasteiger partial charge in [-0.15, -0.1) is 0 Å². The lowest BCUT2D eigenvalue weighted by atomic mass is 10.1. The average molecular weight is 447 g/mol. The number of amides is 1. The number of nitrogens with zero attached hydrogens (tertiary/aromatic N) is 2. The number of hydrogen-bond acceptors (Lipinski definition) is 3. The highest BCUT2D eigenvalue weighted by Crippen LogP contribution is 2.25. The van der Waals surface area contributed by atoms with Crippen LogP contribution in [-0.2, 0) is 16.6 Å². The molecule has 8 heteroatoms. The monoisotopic (exact) mass is 446 g/mol. The van der Waals surface area contributed by atoms with Crippen LogP contribution in [0, 0.1) is 5.82 Å². The summed E-state index contributed by atoms with van der Waals surface area (Å²) < 4.78 is 40.9. The molecule has 30 heavy (non-hydrogen) atoms. The lowest BCUT2D eigenvalue weighted by Crippen LogP contribution is -2.29. The molecule has 0 aliphatic heterocycles. The Hall–Kier alpha value is -2.90. The normalized spacial score (nSPS) is 11.2. The highest BCUT2D eigenvalue weighted by molar-refractivity contribution is 7.92. The second kappa shape index (κ2) is 8.85. The summed E-state index contributed by atoms with van der Waals surface area (Å²) >= 11 is 5.88. The van der Waals surface area contributed by atoms with Crippen molar-refractivity contribution < 1.29 is 17.6 Å². The highest BCUT2D eigenvalue weighted by Gasteiger charge is 2.24. The largest absolute Gasteiger partial charge is 0.337 e. The minimum atomic E-state index is -4.05. The molecule has 0 spiro atoms. The number of para-hydroxylation sites is 1. The van der Waals surface area contributed by atoms with Gasteiger partial charge in [-0.1, -0.05) is 41.9 Å². The molecular formula is C22H20ClFN2O3S. The Morgan fingerprint density at radius 2 is 1.63 bits per heavy atom. The van der Waals surface area contributed by atoms with Gasteiger partial charge in [-0.3, -0.25) is 9.10 Å². The molecule has 0 aliphatic rings. The molecule has 156 valence electrons. The van der Waals surface area contributed by atoms with E-state index in [1.807, 2.05) is 12.1 Å². The number of hydrogen-bond donors (Lipinski definition) is 0. The van der Waals surface area contributed by atoms with E-state index in [9.17, 15) is 17.6 Å². The summed E-state index contributed by atoms with van der Waals surface area (Å²) in [5, 5.41) is 0.601. The summed E-state index contributed by atoms with van der Waals surface area (Å²) in [6, 6.07) is 18.4. The SMILES string of the molecule is CN(Cc1ccc(Cl)cc1)C(=O)c1cccc(S(=O)(=O)N(C)c2ccccc2F)c1. The van der Waals surface area contributed by atoms with Crippen LogP contribution in [0.25, 0.3) is 0 Å². The van der Waals surface area contributed by atoms with E-state index in [0.717, 1.165) is 9.87 Å². The van der Waals surface area contributed by atoms with Crippen molar-refractivity contribution in [3.05, 3.63) is 94.8 Å². The fourth-order valence-electron chi connectivity index (χ4n) is 2.94. The molecule has 3 aromatic carbocycles. The first-order valence-electron chi connectivity index (χ1n) is 9.03. The van der Waals surface area contributed by atoms with E-state index in [-0.39, 0.29) is 22.1 Å². The minimum Gasteiger partial charge on any atom is -0.337 e. The van der Waals surface area contributed by atoms with Crippen LogP contribution in [0.5, 0.6) is 0 Å². The summed E-state index contributed by atoms with van der Waals surface area (Å²) in [5.41, 5.74) is 1.03. The molecule has 0 aliphatic carbocycles. The van der Waals surface area contributed by atoms with Crippen LogP contribution in [0.3, 0.4) is 0 Å². The van der Waals surface area contributed by atoms with E-state index in [0.29, 0.717) is 11.6 Å². The second-order valence-corrected chi connectivity index (χ2v) is 9.15. The van der Waals surface area contributed by atoms with Crippen molar-refractivity contribution in [3.63, 3.8) is 0 Å². The molecule has 0 saturated heterocycles. The Labute approximate surface area is 180 Å². The molecule has 0 saturated carbocycles. The van der Waals surface area contributed by atoms with Crippen molar-refractivity contribution in [3.8, 4) is 0 Å².